The number of piperidine rings is 1. The molecule has 1 aromatic carbocycles. The first-order chi connectivity index (χ1) is 13.3. The fourth-order valence-electron chi connectivity index (χ4n) is 4.28. The van der Waals surface area contributed by atoms with Crippen molar-refractivity contribution in [2.75, 3.05) is 6.54 Å². The van der Waals surface area contributed by atoms with E-state index in [0.29, 0.717) is 18.2 Å². The molecule has 2 aromatic rings. The number of likely N-dealkylation sites (tertiary alicyclic amines) is 1. The van der Waals surface area contributed by atoms with E-state index in [-0.39, 0.29) is 18.0 Å². The van der Waals surface area contributed by atoms with Gasteiger partial charge < -0.3 is 10.0 Å². The van der Waals surface area contributed by atoms with Crippen molar-refractivity contribution in [1.82, 2.24) is 19.9 Å². The van der Waals surface area contributed by atoms with Crippen LogP contribution in [0.2, 0.25) is 0 Å². The smallest absolute Gasteiger partial charge is 0.254 e. The fraction of sp³-hybridized carbons (Fsp3) is 0.591. The van der Waals surface area contributed by atoms with E-state index in [2.05, 4.69) is 23.2 Å². The summed E-state index contributed by atoms with van der Waals surface area (Å²) in [6.07, 6.45) is 4.20. The second-order valence-electron chi connectivity index (χ2n) is 8.91. The number of nitrogens with zero attached hydrogens (tertiary/aromatic N) is 4. The lowest BCUT2D eigenvalue weighted by Crippen LogP contribution is -2.46. The number of aliphatic hydroxyl groups is 1. The van der Waals surface area contributed by atoms with Crippen LogP contribution in [0.4, 0.5) is 0 Å². The van der Waals surface area contributed by atoms with Crippen molar-refractivity contribution in [3.05, 3.63) is 46.8 Å². The third-order valence-electron chi connectivity index (χ3n) is 6.03. The highest BCUT2D eigenvalue weighted by Gasteiger charge is 2.35. The number of rotatable bonds is 4. The number of aryl methyl sites for hydroxylation is 1. The fourth-order valence-corrected chi connectivity index (χ4v) is 4.28. The molecule has 1 saturated carbocycles. The zero-order chi connectivity index (χ0) is 20.1. The highest BCUT2D eigenvalue weighted by atomic mass is 16.3. The molecule has 1 amide bonds. The Morgan fingerprint density at radius 1 is 1.14 bits per heavy atom. The van der Waals surface area contributed by atoms with Gasteiger partial charge in [0.15, 0.2) is 0 Å². The number of hydrogen-bond acceptors (Lipinski definition) is 4. The first kappa shape index (κ1) is 19.1. The van der Waals surface area contributed by atoms with Crippen LogP contribution in [0, 0.1) is 6.92 Å². The first-order valence-corrected chi connectivity index (χ1v) is 10.3. The van der Waals surface area contributed by atoms with Crippen molar-refractivity contribution in [3.8, 4) is 0 Å². The van der Waals surface area contributed by atoms with Gasteiger partial charge in [0.25, 0.3) is 5.91 Å². The highest BCUT2D eigenvalue weighted by Crippen LogP contribution is 2.42. The quantitative estimate of drug-likeness (QED) is 0.878. The Morgan fingerprint density at radius 3 is 2.50 bits per heavy atom. The Kier molecular flexibility index (Phi) is 4.78. The Bertz CT molecular complexity index is 879. The van der Waals surface area contributed by atoms with Crippen LogP contribution in [0.5, 0.6) is 0 Å². The van der Waals surface area contributed by atoms with Crippen molar-refractivity contribution < 1.29 is 9.90 Å². The van der Waals surface area contributed by atoms with Crippen LogP contribution in [0.25, 0.3) is 0 Å². The predicted octanol–water partition coefficient (Wildman–Crippen LogP) is 3.56. The highest BCUT2D eigenvalue weighted by molar-refractivity contribution is 5.96. The number of carbonyl (C=O) groups excluding carboxylic acids is 1. The number of aromatic nitrogens is 3. The average molecular weight is 383 g/mol. The molecule has 0 radical (unpaired) electrons. The largest absolute Gasteiger partial charge is 0.384 e. The van der Waals surface area contributed by atoms with Gasteiger partial charge >= 0.3 is 0 Å². The summed E-state index contributed by atoms with van der Waals surface area (Å²) in [5, 5.41) is 19.4. The molecule has 1 aromatic heterocycles. The van der Waals surface area contributed by atoms with Gasteiger partial charge in [-0.3, -0.25) is 4.79 Å². The summed E-state index contributed by atoms with van der Waals surface area (Å²) < 4.78 is 0. The first-order valence-electron chi connectivity index (χ1n) is 10.3. The standard InChI is InChI=1S/C22H30N4O2/c1-14-9-12-17(26-23-15(2)20(24-26)22(3,4)28)13-25(14)21(27)19-8-6-5-7-18(19)16-10-11-16/h5-8,14,16-17,28H,9-13H2,1-4H3/t14-,17-/m1/s1. The normalized spacial score (nSPS) is 23.1. The minimum atomic E-state index is -1.02. The van der Waals surface area contributed by atoms with Crippen LogP contribution in [0.1, 0.15) is 85.7 Å². The maximum Gasteiger partial charge on any atom is 0.254 e. The Morgan fingerprint density at radius 2 is 1.86 bits per heavy atom. The van der Waals surface area contributed by atoms with Gasteiger partial charge in [0.2, 0.25) is 0 Å². The molecule has 28 heavy (non-hydrogen) atoms. The zero-order valence-corrected chi connectivity index (χ0v) is 17.2. The van der Waals surface area contributed by atoms with E-state index in [1.54, 1.807) is 18.6 Å². The molecule has 0 unspecified atom stereocenters. The average Bonchev–Trinajstić information content (AvgIpc) is 3.42. The van der Waals surface area contributed by atoms with Crippen LogP contribution in [-0.4, -0.2) is 43.5 Å². The monoisotopic (exact) mass is 382 g/mol. The third-order valence-corrected chi connectivity index (χ3v) is 6.03. The zero-order valence-electron chi connectivity index (χ0n) is 17.2. The summed E-state index contributed by atoms with van der Waals surface area (Å²) in [5.41, 5.74) is 2.35. The van der Waals surface area contributed by atoms with Crippen LogP contribution < -0.4 is 0 Å². The van der Waals surface area contributed by atoms with Gasteiger partial charge in [-0.2, -0.15) is 15.0 Å². The van der Waals surface area contributed by atoms with E-state index < -0.39 is 5.60 Å². The maximum atomic E-state index is 13.4. The third kappa shape index (κ3) is 3.58. The van der Waals surface area contributed by atoms with Crippen molar-refractivity contribution in [1.29, 1.82) is 0 Å². The van der Waals surface area contributed by atoms with Crippen LogP contribution in [0.3, 0.4) is 0 Å². The van der Waals surface area contributed by atoms with E-state index in [4.69, 9.17) is 0 Å². The minimum Gasteiger partial charge on any atom is -0.384 e. The summed E-state index contributed by atoms with van der Waals surface area (Å²) in [7, 11) is 0. The number of benzene rings is 1. The van der Waals surface area contributed by atoms with E-state index in [1.807, 2.05) is 30.0 Å². The van der Waals surface area contributed by atoms with Crippen LogP contribution >= 0.6 is 0 Å². The summed E-state index contributed by atoms with van der Waals surface area (Å²) >= 11 is 0. The molecular weight excluding hydrogens is 352 g/mol. The van der Waals surface area contributed by atoms with Crippen molar-refractivity contribution in [3.63, 3.8) is 0 Å². The molecule has 2 atom stereocenters. The lowest BCUT2D eigenvalue weighted by molar-refractivity contribution is 0.0532. The maximum absolute atomic E-state index is 13.4. The molecule has 0 spiro atoms. The topological polar surface area (TPSA) is 71.2 Å². The summed E-state index contributed by atoms with van der Waals surface area (Å²) in [4.78, 5) is 17.1. The molecule has 6 heteroatoms. The van der Waals surface area contributed by atoms with Gasteiger partial charge in [0.1, 0.15) is 11.3 Å². The lowest BCUT2D eigenvalue weighted by atomic mass is 9.96. The SMILES string of the molecule is Cc1nn([C@@H]2CC[C@@H](C)N(C(=O)c3ccccc3C3CC3)C2)nc1C(C)(C)O. The molecule has 1 aliphatic carbocycles. The number of hydrogen-bond donors (Lipinski definition) is 1. The molecule has 0 bridgehead atoms. The molecule has 1 aliphatic heterocycles. The molecule has 1 saturated heterocycles. The van der Waals surface area contributed by atoms with Crippen molar-refractivity contribution in [2.45, 2.75) is 77.0 Å². The minimum absolute atomic E-state index is 0.0306. The lowest BCUT2D eigenvalue weighted by Gasteiger charge is -2.38. The summed E-state index contributed by atoms with van der Waals surface area (Å²) in [6.45, 7) is 8.04. The van der Waals surface area contributed by atoms with E-state index in [1.165, 1.54) is 18.4 Å². The molecular formula is C22H30N4O2. The molecule has 4 rings (SSSR count). The second kappa shape index (κ2) is 6.99. The van der Waals surface area contributed by atoms with Gasteiger partial charge in [0.05, 0.1) is 11.7 Å². The molecule has 150 valence electrons. The molecule has 2 fully saturated rings. The Hall–Kier alpha value is -2.21. The van der Waals surface area contributed by atoms with Gasteiger partial charge in [-0.15, -0.1) is 0 Å². The van der Waals surface area contributed by atoms with Gasteiger partial charge in [-0.25, -0.2) is 0 Å². The van der Waals surface area contributed by atoms with Crippen LogP contribution in [-0.2, 0) is 5.60 Å². The van der Waals surface area contributed by atoms with Gasteiger partial charge in [0, 0.05) is 18.2 Å². The van der Waals surface area contributed by atoms with E-state index >= 15 is 0 Å². The van der Waals surface area contributed by atoms with E-state index in [0.717, 1.165) is 24.1 Å². The van der Waals surface area contributed by atoms with Crippen molar-refractivity contribution >= 4 is 5.91 Å². The number of carbonyl (C=O) groups is 1. The molecule has 6 nitrogen and oxygen atoms in total. The molecule has 1 N–H and O–H groups in total. The van der Waals surface area contributed by atoms with E-state index in [9.17, 15) is 9.90 Å². The van der Waals surface area contributed by atoms with Crippen molar-refractivity contribution in [2.24, 2.45) is 0 Å². The Labute approximate surface area is 166 Å². The van der Waals surface area contributed by atoms with Gasteiger partial charge in [-0.05, 0) is 70.9 Å². The molecule has 2 aliphatic rings. The van der Waals surface area contributed by atoms with Crippen LogP contribution in [0.15, 0.2) is 24.3 Å². The number of amides is 1. The predicted molar refractivity (Wildman–Crippen MR) is 107 cm³/mol. The summed E-state index contributed by atoms with van der Waals surface area (Å²) in [6, 6.07) is 8.28. The van der Waals surface area contributed by atoms with Gasteiger partial charge in [-0.1, -0.05) is 18.2 Å². The Balaban J connectivity index is 1.58. The molecule has 2 heterocycles. The second-order valence-corrected chi connectivity index (χ2v) is 8.91. The summed E-state index contributed by atoms with van der Waals surface area (Å²) in [5.74, 6) is 0.659.